The summed E-state index contributed by atoms with van der Waals surface area (Å²) < 4.78 is 16.2. The second-order valence-corrected chi connectivity index (χ2v) is 8.78. The van der Waals surface area contributed by atoms with Crippen molar-refractivity contribution in [3.8, 4) is 11.5 Å². The van der Waals surface area contributed by atoms with E-state index in [-0.39, 0.29) is 35.0 Å². The molecule has 3 aromatic carbocycles. The number of rotatable bonds is 3. The number of H-pyrrole nitrogens is 1. The van der Waals surface area contributed by atoms with Gasteiger partial charge in [-0.15, -0.1) is 0 Å². The number of benzene rings is 3. The number of allylic oxidation sites excluding steroid dienone is 1. The Balaban J connectivity index is 1.43. The number of pyridine rings is 1. The summed E-state index contributed by atoms with van der Waals surface area (Å²) in [6.07, 6.45) is 1.50. The van der Waals surface area contributed by atoms with Gasteiger partial charge in [-0.2, -0.15) is 0 Å². The van der Waals surface area contributed by atoms with E-state index < -0.39 is 17.9 Å². The van der Waals surface area contributed by atoms with Crippen LogP contribution in [0.5, 0.6) is 11.5 Å². The fourth-order valence-corrected chi connectivity index (χ4v) is 4.78. The summed E-state index contributed by atoms with van der Waals surface area (Å²) in [7, 11) is 1.30. The van der Waals surface area contributed by atoms with E-state index in [1.165, 1.54) is 7.11 Å². The van der Waals surface area contributed by atoms with Crippen molar-refractivity contribution in [3.63, 3.8) is 0 Å². The molecule has 1 atom stereocenters. The molecule has 1 aromatic heterocycles. The first-order valence-corrected chi connectivity index (χ1v) is 11.5. The van der Waals surface area contributed by atoms with E-state index >= 15 is 0 Å². The number of nitrogens with one attached hydrogen (secondary N) is 1. The summed E-state index contributed by atoms with van der Waals surface area (Å²) in [5, 5.41) is 0.818. The summed E-state index contributed by atoms with van der Waals surface area (Å²) in [6, 6.07) is 18.8. The van der Waals surface area contributed by atoms with Crippen molar-refractivity contribution in [2.45, 2.75) is 12.3 Å². The van der Waals surface area contributed by atoms with Crippen LogP contribution in [0.15, 0.2) is 77.3 Å². The van der Waals surface area contributed by atoms with Crippen LogP contribution in [-0.4, -0.2) is 29.8 Å². The normalized spacial score (nSPS) is 17.2. The number of hydrogen-bond donors (Lipinski definition) is 1. The van der Waals surface area contributed by atoms with E-state index in [1.807, 2.05) is 18.2 Å². The van der Waals surface area contributed by atoms with Gasteiger partial charge in [0, 0.05) is 22.6 Å². The second kappa shape index (κ2) is 8.60. The number of para-hydroxylation sites is 1. The van der Waals surface area contributed by atoms with Gasteiger partial charge in [0.1, 0.15) is 11.5 Å². The van der Waals surface area contributed by atoms with Crippen molar-refractivity contribution >= 4 is 34.7 Å². The first-order chi connectivity index (χ1) is 17.9. The van der Waals surface area contributed by atoms with E-state index in [9.17, 15) is 19.2 Å². The zero-order valence-corrected chi connectivity index (χ0v) is 19.6. The number of ketones is 1. The van der Waals surface area contributed by atoms with Crippen LogP contribution in [0.4, 0.5) is 0 Å². The highest BCUT2D eigenvalue weighted by Gasteiger charge is 2.39. The molecule has 0 fully saturated rings. The fourth-order valence-electron chi connectivity index (χ4n) is 4.78. The predicted molar refractivity (Wildman–Crippen MR) is 134 cm³/mol. The zero-order valence-electron chi connectivity index (χ0n) is 19.6. The van der Waals surface area contributed by atoms with Gasteiger partial charge in [0.25, 0.3) is 5.56 Å². The van der Waals surface area contributed by atoms with Crippen molar-refractivity contribution in [2.75, 3.05) is 7.11 Å². The smallest absolute Gasteiger partial charge is 0.337 e. The Morgan fingerprint density at radius 3 is 2.57 bits per heavy atom. The van der Waals surface area contributed by atoms with E-state index in [1.54, 1.807) is 54.6 Å². The number of carbonyl (C=O) groups excluding carboxylic acids is 3. The lowest BCUT2D eigenvalue weighted by molar-refractivity contribution is -0.135. The van der Waals surface area contributed by atoms with Crippen LogP contribution in [0.25, 0.3) is 17.0 Å². The Bertz CT molecular complexity index is 1710. The summed E-state index contributed by atoms with van der Waals surface area (Å²) in [5.41, 5.74) is 2.57. The summed E-state index contributed by atoms with van der Waals surface area (Å²) in [5.74, 6) is -1.33. The molecule has 0 spiro atoms. The van der Waals surface area contributed by atoms with Crippen molar-refractivity contribution in [3.05, 3.63) is 111 Å². The number of methoxy groups -OCH3 is 1. The molecule has 0 bridgehead atoms. The highest BCUT2D eigenvalue weighted by Crippen LogP contribution is 2.48. The minimum atomic E-state index is -0.661. The molecule has 0 saturated heterocycles. The Morgan fingerprint density at radius 1 is 1.00 bits per heavy atom. The quantitative estimate of drug-likeness (QED) is 0.256. The lowest BCUT2D eigenvalue weighted by Gasteiger charge is -2.26. The van der Waals surface area contributed by atoms with Crippen molar-refractivity contribution in [2.24, 2.45) is 0 Å². The van der Waals surface area contributed by atoms with Crippen molar-refractivity contribution in [1.82, 2.24) is 4.98 Å². The van der Waals surface area contributed by atoms with Crippen LogP contribution < -0.4 is 15.0 Å². The monoisotopic (exact) mass is 493 g/mol. The maximum Gasteiger partial charge on any atom is 0.337 e. The number of aromatic amines is 1. The molecule has 4 aromatic rings. The van der Waals surface area contributed by atoms with Gasteiger partial charge in [0.15, 0.2) is 5.76 Å². The molecule has 0 aliphatic carbocycles. The highest BCUT2D eigenvalue weighted by atomic mass is 16.5. The predicted octanol–water partition coefficient (Wildman–Crippen LogP) is 4.37. The largest absolute Gasteiger partial charge is 0.465 e. The molecule has 8 nitrogen and oxygen atoms in total. The Morgan fingerprint density at radius 2 is 1.78 bits per heavy atom. The van der Waals surface area contributed by atoms with Gasteiger partial charge in [0.05, 0.1) is 24.7 Å². The molecule has 8 heteroatoms. The minimum Gasteiger partial charge on any atom is -0.465 e. The molecule has 37 heavy (non-hydrogen) atoms. The number of hydrogen-bond acceptors (Lipinski definition) is 7. The van der Waals surface area contributed by atoms with Crippen molar-refractivity contribution in [1.29, 1.82) is 0 Å². The molecule has 182 valence electrons. The van der Waals surface area contributed by atoms with Crippen LogP contribution in [0.3, 0.4) is 0 Å². The number of aromatic nitrogens is 1. The van der Waals surface area contributed by atoms with E-state index in [0.29, 0.717) is 33.3 Å². The van der Waals surface area contributed by atoms with Gasteiger partial charge < -0.3 is 19.2 Å². The minimum absolute atomic E-state index is 0.0730. The van der Waals surface area contributed by atoms with Gasteiger partial charge in [-0.25, -0.2) is 4.79 Å². The zero-order chi connectivity index (χ0) is 25.7. The van der Waals surface area contributed by atoms with Crippen molar-refractivity contribution < 1.29 is 28.6 Å². The number of carbonyl (C=O) groups is 3. The average Bonchev–Trinajstić information content (AvgIpc) is 3.22. The number of esters is 2. The topological polar surface area (TPSA) is 112 Å². The summed E-state index contributed by atoms with van der Waals surface area (Å²) in [6.45, 7) is 0. The average molecular weight is 493 g/mol. The summed E-state index contributed by atoms with van der Waals surface area (Å²) in [4.78, 5) is 53.3. The number of fused-ring (bicyclic) bond motifs is 4. The lowest BCUT2D eigenvalue weighted by Crippen LogP contribution is -2.26. The first-order valence-electron chi connectivity index (χ1n) is 11.5. The third kappa shape index (κ3) is 3.79. The van der Waals surface area contributed by atoms with Gasteiger partial charge in [-0.3, -0.25) is 14.4 Å². The SMILES string of the molecule is COC(=O)c1ccc(/C=C2\Oc3c(ccc4c3[C@@H](c3cc5ccccc5[nH]c3=O)CC(=O)O4)C2=O)cc1. The van der Waals surface area contributed by atoms with Crippen LogP contribution in [0.2, 0.25) is 0 Å². The van der Waals surface area contributed by atoms with Gasteiger partial charge in [0.2, 0.25) is 5.78 Å². The Hall–Kier alpha value is -4.98. The first kappa shape index (κ1) is 22.5. The van der Waals surface area contributed by atoms with Crippen LogP contribution in [-0.2, 0) is 9.53 Å². The molecular weight excluding hydrogens is 474 g/mol. The van der Waals surface area contributed by atoms with E-state index in [2.05, 4.69) is 4.98 Å². The standard InChI is InChI=1S/C29H19NO7/c1-35-29(34)16-8-6-15(7-9-16)12-23-26(32)18-10-11-22-25(27(18)37-23)19(14-24(31)36-22)20-13-17-4-2-3-5-21(17)30-28(20)33/h2-13,19H,14H2,1H3,(H,30,33)/b23-12-/t19-/m1/s1. The van der Waals surface area contributed by atoms with Gasteiger partial charge >= 0.3 is 11.9 Å². The molecular formula is C29H19NO7. The lowest BCUT2D eigenvalue weighted by atomic mass is 9.85. The van der Waals surface area contributed by atoms with Crippen LogP contribution in [0.1, 0.15) is 49.7 Å². The van der Waals surface area contributed by atoms with E-state index in [4.69, 9.17) is 14.2 Å². The van der Waals surface area contributed by atoms with Gasteiger partial charge in [-0.05, 0) is 53.4 Å². The molecule has 3 heterocycles. The molecule has 2 aliphatic heterocycles. The molecule has 0 amide bonds. The third-order valence-electron chi connectivity index (χ3n) is 6.57. The molecule has 2 aliphatic rings. The highest BCUT2D eigenvalue weighted by molar-refractivity contribution is 6.15. The second-order valence-electron chi connectivity index (χ2n) is 8.78. The third-order valence-corrected chi connectivity index (χ3v) is 6.57. The van der Waals surface area contributed by atoms with Crippen LogP contribution >= 0.6 is 0 Å². The molecule has 6 rings (SSSR count). The molecule has 1 N–H and O–H groups in total. The summed E-state index contributed by atoms with van der Waals surface area (Å²) >= 11 is 0. The fraction of sp³-hybridized carbons (Fsp3) is 0.103. The maximum atomic E-state index is 13.2. The Kier molecular flexibility index (Phi) is 5.22. The number of ether oxygens (including phenoxy) is 3. The molecule has 0 unspecified atom stereocenters. The molecule has 0 saturated carbocycles. The molecule has 0 radical (unpaired) electrons. The van der Waals surface area contributed by atoms with Crippen LogP contribution in [0, 0.1) is 0 Å². The van der Waals surface area contributed by atoms with Gasteiger partial charge in [-0.1, -0.05) is 30.3 Å². The maximum absolute atomic E-state index is 13.2. The Labute approximate surface area is 210 Å². The number of Topliss-reactive ketones (excluding diaryl/α,β-unsaturated/α-hetero) is 1. The van der Waals surface area contributed by atoms with E-state index in [0.717, 1.165) is 5.39 Å².